The minimum absolute atomic E-state index is 0.174. The van der Waals surface area contributed by atoms with Crippen LogP contribution in [0, 0.1) is 5.82 Å². The molecule has 0 bridgehead atoms. The minimum atomic E-state index is -4.27. The van der Waals surface area contributed by atoms with Crippen molar-refractivity contribution in [2.75, 3.05) is 6.61 Å². The molecular formula is C11H13ClFNO4S. The summed E-state index contributed by atoms with van der Waals surface area (Å²) in [5.74, 6) is -1.93. The van der Waals surface area contributed by atoms with E-state index in [0.29, 0.717) is 6.42 Å². The third-order valence-electron chi connectivity index (χ3n) is 2.28. The lowest BCUT2D eigenvalue weighted by Crippen LogP contribution is -2.16. The van der Waals surface area contributed by atoms with Crippen molar-refractivity contribution >= 4 is 27.6 Å². The molecule has 0 amide bonds. The Bertz CT molecular complexity index is 589. The first-order chi connectivity index (χ1) is 8.77. The number of unbranched alkanes of at least 4 members (excludes halogenated alkanes) is 1. The summed E-state index contributed by atoms with van der Waals surface area (Å²) in [6, 6.07) is 1.50. The summed E-state index contributed by atoms with van der Waals surface area (Å²) >= 11 is 5.68. The molecule has 0 heterocycles. The normalized spacial score (nSPS) is 11.4. The van der Waals surface area contributed by atoms with Crippen molar-refractivity contribution in [3.05, 3.63) is 28.5 Å². The van der Waals surface area contributed by atoms with Gasteiger partial charge in [0.05, 0.1) is 17.2 Å². The van der Waals surface area contributed by atoms with E-state index in [2.05, 4.69) is 0 Å². The van der Waals surface area contributed by atoms with Gasteiger partial charge in [-0.25, -0.2) is 22.7 Å². The molecule has 0 saturated carbocycles. The summed E-state index contributed by atoms with van der Waals surface area (Å²) in [6.07, 6.45) is 1.49. The molecule has 0 aromatic heterocycles. The average molecular weight is 310 g/mol. The van der Waals surface area contributed by atoms with Gasteiger partial charge in [0, 0.05) is 0 Å². The maximum Gasteiger partial charge on any atom is 0.339 e. The summed E-state index contributed by atoms with van der Waals surface area (Å²) in [5, 5.41) is 4.61. The maximum atomic E-state index is 13.4. The van der Waals surface area contributed by atoms with E-state index in [9.17, 15) is 17.6 Å². The number of hydrogen-bond acceptors (Lipinski definition) is 4. The molecule has 0 unspecified atom stereocenters. The fraction of sp³-hybridized carbons (Fsp3) is 0.364. The predicted molar refractivity (Wildman–Crippen MR) is 68.0 cm³/mol. The Morgan fingerprint density at radius 3 is 2.63 bits per heavy atom. The van der Waals surface area contributed by atoms with Gasteiger partial charge in [0.2, 0.25) is 10.0 Å². The van der Waals surface area contributed by atoms with Crippen molar-refractivity contribution in [3.63, 3.8) is 0 Å². The zero-order valence-corrected chi connectivity index (χ0v) is 11.7. The second kappa shape index (κ2) is 6.31. The summed E-state index contributed by atoms with van der Waals surface area (Å²) in [6.45, 7) is 2.09. The standard InChI is InChI=1S/C11H13ClFNO4S/c1-2-3-4-18-11(15)7-5-10(19(14,16)17)9(13)6-8(7)12/h5-6H,2-4H2,1H3,(H2,14,16,17). The Balaban J connectivity index is 3.11. The Labute approximate surface area is 115 Å². The molecule has 0 fully saturated rings. The molecular weight excluding hydrogens is 297 g/mol. The topological polar surface area (TPSA) is 86.5 Å². The van der Waals surface area contributed by atoms with E-state index in [-0.39, 0.29) is 17.2 Å². The lowest BCUT2D eigenvalue weighted by Gasteiger charge is -2.08. The number of hydrogen-bond donors (Lipinski definition) is 1. The average Bonchev–Trinajstić information content (AvgIpc) is 2.27. The van der Waals surface area contributed by atoms with E-state index in [1.54, 1.807) is 0 Å². The van der Waals surface area contributed by atoms with Crippen LogP contribution in [0.1, 0.15) is 30.1 Å². The summed E-state index contributed by atoms with van der Waals surface area (Å²) in [4.78, 5) is 10.9. The fourth-order valence-electron chi connectivity index (χ4n) is 1.29. The molecule has 0 aliphatic rings. The van der Waals surface area contributed by atoms with Gasteiger partial charge in [0.1, 0.15) is 10.7 Å². The molecule has 1 rings (SSSR count). The van der Waals surface area contributed by atoms with Crippen molar-refractivity contribution in [1.29, 1.82) is 0 Å². The van der Waals surface area contributed by atoms with Crippen LogP contribution >= 0.6 is 11.6 Å². The van der Waals surface area contributed by atoms with Crippen LogP contribution in [-0.2, 0) is 14.8 Å². The summed E-state index contributed by atoms with van der Waals surface area (Å²) in [7, 11) is -4.27. The van der Waals surface area contributed by atoms with Gasteiger partial charge in [-0.3, -0.25) is 0 Å². The molecule has 0 aliphatic heterocycles. The van der Waals surface area contributed by atoms with E-state index >= 15 is 0 Å². The van der Waals surface area contributed by atoms with Crippen LogP contribution in [0.3, 0.4) is 0 Å². The van der Waals surface area contributed by atoms with E-state index in [1.165, 1.54) is 0 Å². The number of ether oxygens (including phenoxy) is 1. The van der Waals surface area contributed by atoms with Gasteiger partial charge in [-0.05, 0) is 18.6 Å². The number of halogens is 2. The largest absolute Gasteiger partial charge is 0.462 e. The van der Waals surface area contributed by atoms with Crippen molar-refractivity contribution in [1.82, 2.24) is 0 Å². The Hall–Kier alpha value is -1.18. The lowest BCUT2D eigenvalue weighted by molar-refractivity contribution is 0.0499. The number of benzene rings is 1. The third kappa shape index (κ3) is 4.15. The van der Waals surface area contributed by atoms with Crippen LogP contribution in [0.25, 0.3) is 0 Å². The SMILES string of the molecule is CCCCOC(=O)c1cc(S(N)(=O)=O)c(F)cc1Cl. The van der Waals surface area contributed by atoms with Crippen molar-refractivity contribution in [3.8, 4) is 0 Å². The van der Waals surface area contributed by atoms with Gasteiger partial charge in [-0.2, -0.15) is 0 Å². The van der Waals surface area contributed by atoms with Crippen molar-refractivity contribution < 1.29 is 22.3 Å². The zero-order chi connectivity index (χ0) is 14.6. The Morgan fingerprint density at radius 2 is 2.11 bits per heavy atom. The van der Waals surface area contributed by atoms with Crippen LogP contribution in [0.4, 0.5) is 4.39 Å². The molecule has 1 aromatic carbocycles. The number of carbonyl (C=O) groups is 1. The first-order valence-corrected chi connectivity index (χ1v) is 7.38. The van der Waals surface area contributed by atoms with Crippen molar-refractivity contribution in [2.45, 2.75) is 24.7 Å². The van der Waals surface area contributed by atoms with Gasteiger partial charge in [0.25, 0.3) is 0 Å². The second-order valence-electron chi connectivity index (χ2n) is 3.80. The van der Waals surface area contributed by atoms with E-state index in [4.69, 9.17) is 21.5 Å². The van der Waals surface area contributed by atoms with Crippen LogP contribution in [0.15, 0.2) is 17.0 Å². The fourth-order valence-corrected chi connectivity index (χ4v) is 2.13. The molecule has 0 radical (unpaired) electrons. The molecule has 5 nitrogen and oxygen atoms in total. The zero-order valence-electron chi connectivity index (χ0n) is 10.2. The molecule has 0 spiro atoms. The first kappa shape index (κ1) is 15.9. The molecule has 8 heteroatoms. The number of rotatable bonds is 5. The highest BCUT2D eigenvalue weighted by atomic mass is 35.5. The van der Waals surface area contributed by atoms with E-state index in [1.807, 2.05) is 6.92 Å². The van der Waals surface area contributed by atoms with Crippen LogP contribution < -0.4 is 5.14 Å². The first-order valence-electron chi connectivity index (χ1n) is 5.46. The molecule has 106 valence electrons. The van der Waals surface area contributed by atoms with E-state index in [0.717, 1.165) is 18.6 Å². The molecule has 1 aromatic rings. The monoisotopic (exact) mass is 309 g/mol. The highest BCUT2D eigenvalue weighted by Crippen LogP contribution is 2.24. The molecule has 0 atom stereocenters. The van der Waals surface area contributed by atoms with E-state index < -0.39 is 26.7 Å². The molecule has 0 saturated heterocycles. The highest BCUT2D eigenvalue weighted by Gasteiger charge is 2.21. The Morgan fingerprint density at radius 1 is 1.47 bits per heavy atom. The van der Waals surface area contributed by atoms with Crippen LogP contribution in [0.2, 0.25) is 5.02 Å². The lowest BCUT2D eigenvalue weighted by atomic mass is 10.2. The maximum absolute atomic E-state index is 13.4. The smallest absolute Gasteiger partial charge is 0.339 e. The predicted octanol–water partition coefficient (Wildman–Crippen LogP) is 2.08. The van der Waals surface area contributed by atoms with Gasteiger partial charge in [-0.1, -0.05) is 24.9 Å². The quantitative estimate of drug-likeness (QED) is 0.666. The van der Waals surface area contributed by atoms with Gasteiger partial charge in [-0.15, -0.1) is 0 Å². The summed E-state index contributed by atoms with van der Waals surface area (Å²) in [5.41, 5.74) is -0.233. The third-order valence-corrected chi connectivity index (χ3v) is 3.52. The molecule has 0 aliphatic carbocycles. The Kier molecular flexibility index (Phi) is 5.28. The molecule has 19 heavy (non-hydrogen) atoms. The number of primary sulfonamides is 1. The van der Waals surface area contributed by atoms with Crippen LogP contribution in [0.5, 0.6) is 0 Å². The highest BCUT2D eigenvalue weighted by molar-refractivity contribution is 7.89. The number of sulfonamides is 1. The van der Waals surface area contributed by atoms with Gasteiger partial charge in [0.15, 0.2) is 0 Å². The van der Waals surface area contributed by atoms with Crippen LogP contribution in [-0.4, -0.2) is 21.0 Å². The second-order valence-corrected chi connectivity index (χ2v) is 5.73. The summed E-state index contributed by atoms with van der Waals surface area (Å²) < 4.78 is 40.6. The van der Waals surface area contributed by atoms with Gasteiger partial charge >= 0.3 is 5.97 Å². The number of esters is 1. The molecule has 2 N–H and O–H groups in total. The van der Waals surface area contributed by atoms with Crippen molar-refractivity contribution in [2.24, 2.45) is 5.14 Å². The minimum Gasteiger partial charge on any atom is -0.462 e. The number of nitrogens with two attached hydrogens (primary N) is 1. The van der Waals surface area contributed by atoms with Gasteiger partial charge < -0.3 is 4.74 Å². The number of carbonyl (C=O) groups excluding carboxylic acids is 1.